The van der Waals surface area contributed by atoms with Crippen molar-refractivity contribution in [2.24, 2.45) is 0 Å². The van der Waals surface area contributed by atoms with Crippen LogP contribution in [0.15, 0.2) is 18.5 Å². The van der Waals surface area contributed by atoms with Gasteiger partial charge in [-0.2, -0.15) is 0 Å². The van der Waals surface area contributed by atoms with Crippen molar-refractivity contribution in [2.45, 2.75) is 43.8 Å². The molecule has 3 heterocycles. The molecule has 8 nitrogen and oxygen atoms in total. The Labute approximate surface area is 120 Å². The highest BCUT2D eigenvalue weighted by Crippen LogP contribution is 2.37. The largest absolute Gasteiger partial charge is 0.465 e. The van der Waals surface area contributed by atoms with Crippen molar-refractivity contribution in [3.8, 4) is 0 Å². The van der Waals surface area contributed by atoms with Crippen molar-refractivity contribution in [3.05, 3.63) is 28.6 Å². The summed E-state index contributed by atoms with van der Waals surface area (Å²) in [6, 6.07) is 1.67. The molecule has 2 N–H and O–H groups in total. The maximum Gasteiger partial charge on any atom is 0.407 e. The molecule has 1 aromatic rings. The summed E-state index contributed by atoms with van der Waals surface area (Å²) in [5.74, 6) is 0. The van der Waals surface area contributed by atoms with Crippen molar-refractivity contribution in [1.29, 1.82) is 0 Å². The number of amides is 1. The smallest absolute Gasteiger partial charge is 0.407 e. The third kappa shape index (κ3) is 2.48. The number of piperidine rings is 1. The van der Waals surface area contributed by atoms with E-state index < -0.39 is 11.0 Å². The zero-order valence-electron chi connectivity index (χ0n) is 11.3. The van der Waals surface area contributed by atoms with E-state index in [-0.39, 0.29) is 23.8 Å². The lowest BCUT2D eigenvalue weighted by atomic mass is 9.97. The molecule has 1 amide bonds. The van der Waals surface area contributed by atoms with Crippen LogP contribution in [-0.2, 0) is 0 Å². The summed E-state index contributed by atoms with van der Waals surface area (Å²) in [7, 11) is 0. The molecule has 3 atom stereocenters. The first-order valence-electron chi connectivity index (χ1n) is 6.92. The van der Waals surface area contributed by atoms with Crippen LogP contribution in [0.3, 0.4) is 0 Å². The third-order valence-corrected chi connectivity index (χ3v) is 4.31. The van der Waals surface area contributed by atoms with Crippen LogP contribution >= 0.6 is 0 Å². The van der Waals surface area contributed by atoms with E-state index in [0.717, 1.165) is 12.8 Å². The van der Waals surface area contributed by atoms with Crippen molar-refractivity contribution in [3.63, 3.8) is 0 Å². The van der Waals surface area contributed by atoms with Crippen LogP contribution in [0.4, 0.5) is 16.2 Å². The Balaban J connectivity index is 1.74. The van der Waals surface area contributed by atoms with Crippen molar-refractivity contribution < 1.29 is 14.8 Å². The van der Waals surface area contributed by atoms with Crippen molar-refractivity contribution in [2.75, 3.05) is 5.32 Å². The highest BCUT2D eigenvalue weighted by molar-refractivity contribution is 5.67. The van der Waals surface area contributed by atoms with Gasteiger partial charge in [0.25, 0.3) is 0 Å². The number of fused-ring (bicyclic) bond motifs is 2. The molecule has 2 bridgehead atoms. The van der Waals surface area contributed by atoms with Crippen molar-refractivity contribution in [1.82, 2.24) is 9.88 Å². The average Bonchev–Trinajstić information content (AvgIpc) is 2.71. The number of hydrogen-bond donors (Lipinski definition) is 2. The zero-order valence-corrected chi connectivity index (χ0v) is 11.3. The van der Waals surface area contributed by atoms with Gasteiger partial charge in [0.1, 0.15) is 11.9 Å². The monoisotopic (exact) mass is 292 g/mol. The standard InChI is InChI=1S/C13H16N4O4/c18-13(19)16-9-1-2-10(16)6-8(5-9)15-11-3-4-14-7-12(11)17(20)21/h3-4,7-10H,1-2,5-6H2,(H,14,15)(H,18,19)/t8-,9+,10-. The highest BCUT2D eigenvalue weighted by Gasteiger charge is 2.43. The molecule has 2 aliphatic heterocycles. The maximum absolute atomic E-state index is 11.2. The Hall–Kier alpha value is -2.38. The second-order valence-electron chi connectivity index (χ2n) is 5.54. The van der Waals surface area contributed by atoms with Gasteiger partial charge in [0.15, 0.2) is 0 Å². The van der Waals surface area contributed by atoms with E-state index >= 15 is 0 Å². The molecule has 2 aliphatic rings. The second kappa shape index (κ2) is 5.19. The van der Waals surface area contributed by atoms with E-state index in [1.54, 1.807) is 11.0 Å². The molecule has 112 valence electrons. The Kier molecular flexibility index (Phi) is 3.36. The van der Waals surface area contributed by atoms with Crippen LogP contribution < -0.4 is 5.32 Å². The lowest BCUT2D eigenvalue weighted by molar-refractivity contribution is -0.384. The summed E-state index contributed by atoms with van der Waals surface area (Å²) in [4.78, 5) is 27.1. The van der Waals surface area contributed by atoms with E-state index in [2.05, 4.69) is 10.3 Å². The lowest BCUT2D eigenvalue weighted by Crippen LogP contribution is -2.49. The first kappa shape index (κ1) is 13.6. The van der Waals surface area contributed by atoms with Crippen LogP contribution in [0.1, 0.15) is 25.7 Å². The Morgan fingerprint density at radius 3 is 2.67 bits per heavy atom. The van der Waals surface area contributed by atoms with E-state index in [4.69, 9.17) is 0 Å². The Bertz CT molecular complexity index is 565. The van der Waals surface area contributed by atoms with Gasteiger partial charge in [-0.15, -0.1) is 0 Å². The van der Waals surface area contributed by atoms with Gasteiger partial charge in [0.05, 0.1) is 4.92 Å². The van der Waals surface area contributed by atoms with Gasteiger partial charge in [0.2, 0.25) is 0 Å². The number of aromatic nitrogens is 1. The molecule has 0 aromatic carbocycles. The van der Waals surface area contributed by atoms with Gasteiger partial charge in [-0.1, -0.05) is 0 Å². The minimum Gasteiger partial charge on any atom is -0.465 e. The first-order chi connectivity index (χ1) is 10.1. The fraction of sp³-hybridized carbons (Fsp3) is 0.538. The summed E-state index contributed by atoms with van der Waals surface area (Å²) < 4.78 is 0. The van der Waals surface area contributed by atoms with Gasteiger partial charge >= 0.3 is 11.8 Å². The topological polar surface area (TPSA) is 109 Å². The van der Waals surface area contributed by atoms with Crippen LogP contribution in [0.2, 0.25) is 0 Å². The van der Waals surface area contributed by atoms with Gasteiger partial charge in [-0.05, 0) is 31.7 Å². The number of rotatable bonds is 3. The fourth-order valence-electron chi connectivity index (χ4n) is 3.48. The number of anilines is 1. The van der Waals surface area contributed by atoms with Gasteiger partial charge in [-0.25, -0.2) is 4.79 Å². The summed E-state index contributed by atoms with van der Waals surface area (Å²) in [5.41, 5.74) is 0.397. The Morgan fingerprint density at radius 2 is 2.10 bits per heavy atom. The summed E-state index contributed by atoms with van der Waals surface area (Å²) >= 11 is 0. The summed E-state index contributed by atoms with van der Waals surface area (Å²) in [6.45, 7) is 0. The second-order valence-corrected chi connectivity index (χ2v) is 5.54. The molecule has 0 unspecified atom stereocenters. The predicted octanol–water partition coefficient (Wildman–Crippen LogP) is 2.08. The zero-order chi connectivity index (χ0) is 15.0. The van der Waals surface area contributed by atoms with Gasteiger partial charge < -0.3 is 15.3 Å². The van der Waals surface area contributed by atoms with Crippen LogP contribution in [0.25, 0.3) is 0 Å². The molecule has 2 saturated heterocycles. The lowest BCUT2D eigenvalue weighted by Gasteiger charge is -2.37. The number of nitro groups is 1. The first-order valence-corrected chi connectivity index (χ1v) is 6.92. The molecule has 1 aromatic heterocycles. The van der Waals surface area contributed by atoms with E-state index in [0.29, 0.717) is 18.5 Å². The maximum atomic E-state index is 11.2. The minimum atomic E-state index is -0.865. The number of nitrogens with zero attached hydrogens (tertiary/aromatic N) is 3. The quantitative estimate of drug-likeness (QED) is 0.652. The molecule has 21 heavy (non-hydrogen) atoms. The number of pyridine rings is 1. The van der Waals surface area contributed by atoms with E-state index in [1.165, 1.54) is 12.4 Å². The third-order valence-electron chi connectivity index (χ3n) is 4.31. The molecule has 8 heteroatoms. The summed E-state index contributed by atoms with van der Waals surface area (Å²) in [5, 5.41) is 23.4. The Morgan fingerprint density at radius 1 is 1.43 bits per heavy atom. The molecule has 0 saturated carbocycles. The molecular formula is C13H16N4O4. The van der Waals surface area contributed by atoms with Crippen molar-refractivity contribution >= 4 is 17.5 Å². The fourth-order valence-corrected chi connectivity index (χ4v) is 3.48. The van der Waals surface area contributed by atoms with Gasteiger partial charge in [-0.3, -0.25) is 15.1 Å². The summed E-state index contributed by atoms with van der Waals surface area (Å²) in [6.07, 6.45) is 4.97. The normalized spacial score (nSPS) is 27.4. The molecule has 3 rings (SSSR count). The van der Waals surface area contributed by atoms with E-state index in [1.807, 2.05) is 0 Å². The SMILES string of the molecule is O=C(O)N1[C@@H]2CC[C@H]1C[C@@H](Nc1ccncc1[N+](=O)[O-])C2. The number of nitrogens with one attached hydrogen (secondary N) is 1. The molecular weight excluding hydrogens is 276 g/mol. The van der Waals surface area contributed by atoms with Crippen LogP contribution in [0.5, 0.6) is 0 Å². The molecule has 0 radical (unpaired) electrons. The van der Waals surface area contributed by atoms with Crippen LogP contribution in [-0.4, -0.2) is 44.1 Å². The van der Waals surface area contributed by atoms with Crippen LogP contribution in [0, 0.1) is 10.1 Å². The number of carboxylic acid groups (broad SMARTS) is 1. The van der Waals surface area contributed by atoms with E-state index in [9.17, 15) is 20.0 Å². The number of carbonyl (C=O) groups is 1. The average molecular weight is 292 g/mol. The molecule has 0 aliphatic carbocycles. The minimum absolute atomic E-state index is 0.0136. The van der Waals surface area contributed by atoms with Gasteiger partial charge in [0, 0.05) is 24.3 Å². The number of hydrogen-bond acceptors (Lipinski definition) is 5. The predicted molar refractivity (Wildman–Crippen MR) is 74.2 cm³/mol. The highest BCUT2D eigenvalue weighted by atomic mass is 16.6. The molecule has 0 spiro atoms. The molecule has 2 fully saturated rings.